The van der Waals surface area contributed by atoms with Gasteiger partial charge in [0.2, 0.25) is 0 Å². The fourth-order valence-corrected chi connectivity index (χ4v) is 4.07. The van der Waals surface area contributed by atoms with E-state index in [0.29, 0.717) is 6.61 Å². The summed E-state index contributed by atoms with van der Waals surface area (Å²) in [5.41, 5.74) is 6.64. The Balaban J connectivity index is 1.19. The molecule has 1 aliphatic rings. The van der Waals surface area contributed by atoms with Crippen LogP contribution >= 0.6 is 0 Å². The van der Waals surface area contributed by atoms with Gasteiger partial charge in [-0.25, -0.2) is 4.79 Å². The summed E-state index contributed by atoms with van der Waals surface area (Å²) in [6, 6.07) is 26.3. The molecule has 1 aliphatic carbocycles. The van der Waals surface area contributed by atoms with Crippen molar-refractivity contribution in [1.82, 2.24) is 10.3 Å². The second-order valence-corrected chi connectivity index (χ2v) is 7.39. The van der Waals surface area contributed by atoms with Crippen molar-refractivity contribution in [2.75, 3.05) is 13.2 Å². The third-order valence-electron chi connectivity index (χ3n) is 5.50. The molecule has 0 fully saturated rings. The monoisotopic (exact) mass is 404 g/mol. The normalized spacial score (nSPS) is 11.9. The molecule has 1 heterocycles. The number of nitrogens with one attached hydrogen (secondary N) is 1. The number of hydrogen-bond acceptors (Lipinski definition) is 3. The van der Waals surface area contributed by atoms with Gasteiger partial charge in [0.15, 0.2) is 0 Å². The fraction of sp³-hybridized carbons (Fsp3) is 0.111. The first-order valence-electron chi connectivity index (χ1n) is 10.2. The second-order valence-electron chi connectivity index (χ2n) is 7.39. The number of fused-ring (bicyclic) bond motifs is 4. The van der Waals surface area contributed by atoms with Crippen molar-refractivity contribution in [3.63, 3.8) is 0 Å². The Kier molecular flexibility index (Phi) is 5.08. The SMILES string of the molecule is O=C(NCC#Cc1ccc2ncccc2c1)OCC1c2ccccc2-c2ccccc21. The Morgan fingerprint density at radius 2 is 1.68 bits per heavy atom. The molecule has 0 atom stereocenters. The number of alkyl carbamates (subject to hydrolysis) is 1. The van der Waals surface area contributed by atoms with Crippen molar-refractivity contribution in [3.8, 4) is 23.0 Å². The van der Waals surface area contributed by atoms with Crippen LogP contribution in [0.25, 0.3) is 22.0 Å². The molecule has 1 aromatic heterocycles. The summed E-state index contributed by atoms with van der Waals surface area (Å²) < 4.78 is 5.52. The number of aromatic nitrogens is 1. The Morgan fingerprint density at radius 1 is 0.935 bits per heavy atom. The van der Waals surface area contributed by atoms with Crippen LogP contribution in [0, 0.1) is 11.8 Å². The van der Waals surface area contributed by atoms with Gasteiger partial charge in [-0.05, 0) is 46.5 Å². The largest absolute Gasteiger partial charge is 0.449 e. The maximum atomic E-state index is 12.2. The van der Waals surface area contributed by atoms with Crippen molar-refractivity contribution in [2.24, 2.45) is 0 Å². The van der Waals surface area contributed by atoms with Gasteiger partial charge in [-0.3, -0.25) is 4.98 Å². The Morgan fingerprint density at radius 3 is 2.45 bits per heavy atom. The van der Waals surface area contributed by atoms with Crippen LogP contribution < -0.4 is 5.32 Å². The van der Waals surface area contributed by atoms with Gasteiger partial charge in [-0.1, -0.05) is 66.4 Å². The van der Waals surface area contributed by atoms with Crippen molar-refractivity contribution in [2.45, 2.75) is 5.92 Å². The molecule has 0 saturated heterocycles. The molecular formula is C27H20N2O2. The maximum Gasteiger partial charge on any atom is 0.407 e. The summed E-state index contributed by atoms with van der Waals surface area (Å²) in [7, 11) is 0. The van der Waals surface area contributed by atoms with Gasteiger partial charge in [0, 0.05) is 23.1 Å². The number of amides is 1. The van der Waals surface area contributed by atoms with Crippen LogP contribution in [0.3, 0.4) is 0 Å². The quantitative estimate of drug-likeness (QED) is 0.482. The fourth-order valence-electron chi connectivity index (χ4n) is 4.07. The Hall–Kier alpha value is -4.10. The minimum atomic E-state index is -0.459. The molecule has 4 aromatic rings. The van der Waals surface area contributed by atoms with E-state index in [2.05, 4.69) is 46.4 Å². The van der Waals surface area contributed by atoms with Crippen molar-refractivity contribution < 1.29 is 9.53 Å². The topological polar surface area (TPSA) is 51.2 Å². The van der Waals surface area contributed by atoms with E-state index in [4.69, 9.17) is 4.74 Å². The van der Waals surface area contributed by atoms with E-state index in [1.54, 1.807) is 6.20 Å². The van der Waals surface area contributed by atoms with Crippen LogP contribution in [-0.4, -0.2) is 24.2 Å². The number of hydrogen-bond donors (Lipinski definition) is 1. The Labute approximate surface area is 180 Å². The molecule has 0 spiro atoms. The molecule has 31 heavy (non-hydrogen) atoms. The molecule has 4 heteroatoms. The molecule has 4 nitrogen and oxygen atoms in total. The highest BCUT2D eigenvalue weighted by Crippen LogP contribution is 2.44. The van der Waals surface area contributed by atoms with E-state index in [0.717, 1.165) is 16.5 Å². The summed E-state index contributed by atoms with van der Waals surface area (Å²) in [6.45, 7) is 0.521. The van der Waals surface area contributed by atoms with E-state index < -0.39 is 6.09 Å². The van der Waals surface area contributed by atoms with Crippen molar-refractivity contribution in [3.05, 3.63) is 102 Å². The lowest BCUT2D eigenvalue weighted by Gasteiger charge is -2.14. The minimum absolute atomic E-state index is 0.0513. The van der Waals surface area contributed by atoms with Gasteiger partial charge in [0.25, 0.3) is 0 Å². The average Bonchev–Trinajstić information content (AvgIpc) is 3.14. The third-order valence-corrected chi connectivity index (χ3v) is 5.50. The summed E-state index contributed by atoms with van der Waals surface area (Å²) in [5, 5.41) is 3.76. The number of pyridine rings is 1. The smallest absolute Gasteiger partial charge is 0.407 e. The number of carbonyl (C=O) groups is 1. The van der Waals surface area contributed by atoms with E-state index in [9.17, 15) is 4.79 Å². The van der Waals surface area contributed by atoms with Gasteiger partial charge >= 0.3 is 6.09 Å². The van der Waals surface area contributed by atoms with E-state index in [-0.39, 0.29) is 12.5 Å². The van der Waals surface area contributed by atoms with Gasteiger partial charge < -0.3 is 10.1 Å². The van der Waals surface area contributed by atoms with Crippen LogP contribution in [0.2, 0.25) is 0 Å². The van der Waals surface area contributed by atoms with Gasteiger partial charge in [0.05, 0.1) is 12.1 Å². The first-order valence-corrected chi connectivity index (χ1v) is 10.2. The zero-order valence-electron chi connectivity index (χ0n) is 16.8. The number of rotatable bonds is 3. The lowest BCUT2D eigenvalue weighted by Crippen LogP contribution is -2.26. The van der Waals surface area contributed by atoms with E-state index >= 15 is 0 Å². The van der Waals surface area contributed by atoms with Gasteiger partial charge in [-0.15, -0.1) is 0 Å². The molecular weight excluding hydrogens is 384 g/mol. The molecule has 0 saturated carbocycles. The number of ether oxygens (including phenoxy) is 1. The number of nitrogens with zero attached hydrogens (tertiary/aromatic N) is 1. The van der Waals surface area contributed by atoms with Crippen LogP contribution in [0.4, 0.5) is 4.79 Å². The molecule has 1 N–H and O–H groups in total. The molecule has 3 aromatic carbocycles. The second kappa shape index (κ2) is 8.33. The predicted octanol–water partition coefficient (Wildman–Crippen LogP) is 5.13. The van der Waals surface area contributed by atoms with Gasteiger partial charge in [0.1, 0.15) is 6.61 Å². The highest BCUT2D eigenvalue weighted by atomic mass is 16.5. The highest BCUT2D eigenvalue weighted by molar-refractivity contribution is 5.80. The lowest BCUT2D eigenvalue weighted by atomic mass is 9.98. The Bertz CT molecular complexity index is 1290. The third kappa shape index (κ3) is 3.86. The molecule has 0 unspecified atom stereocenters. The molecule has 0 aliphatic heterocycles. The zero-order chi connectivity index (χ0) is 21.0. The van der Waals surface area contributed by atoms with Crippen molar-refractivity contribution >= 4 is 17.0 Å². The van der Waals surface area contributed by atoms with Crippen LogP contribution in [0.15, 0.2) is 85.1 Å². The van der Waals surface area contributed by atoms with E-state index in [1.165, 1.54) is 22.3 Å². The molecule has 5 rings (SSSR count). The molecule has 0 bridgehead atoms. The molecule has 150 valence electrons. The van der Waals surface area contributed by atoms with Gasteiger partial charge in [-0.2, -0.15) is 0 Å². The summed E-state index contributed by atoms with van der Waals surface area (Å²) >= 11 is 0. The zero-order valence-corrected chi connectivity index (χ0v) is 16.8. The highest BCUT2D eigenvalue weighted by Gasteiger charge is 2.28. The van der Waals surface area contributed by atoms with Crippen LogP contribution in [-0.2, 0) is 4.74 Å². The summed E-state index contributed by atoms with van der Waals surface area (Å²) in [4.78, 5) is 16.5. The van der Waals surface area contributed by atoms with Crippen LogP contribution in [0.1, 0.15) is 22.6 Å². The molecule has 1 amide bonds. The van der Waals surface area contributed by atoms with E-state index in [1.807, 2.05) is 54.6 Å². The first-order chi connectivity index (χ1) is 15.3. The van der Waals surface area contributed by atoms with Crippen molar-refractivity contribution in [1.29, 1.82) is 0 Å². The standard InChI is InChI=1S/C27H20N2O2/c30-27(29-16-5-7-19-13-14-26-20(17-19)8-6-15-28-26)31-18-25-23-11-3-1-9-21(23)22-10-2-4-12-24(22)25/h1-4,6,8-15,17,25H,16,18H2,(H,29,30). The summed E-state index contributed by atoms with van der Waals surface area (Å²) in [5.74, 6) is 6.09. The molecule has 0 radical (unpaired) electrons. The minimum Gasteiger partial charge on any atom is -0.449 e. The number of carbonyl (C=O) groups excluding carboxylic acids is 1. The average molecular weight is 404 g/mol. The maximum absolute atomic E-state index is 12.2. The first kappa shape index (κ1) is 18.9. The summed E-state index contributed by atoms with van der Waals surface area (Å²) in [6.07, 6.45) is 1.31. The predicted molar refractivity (Wildman–Crippen MR) is 122 cm³/mol. The number of benzene rings is 3. The lowest BCUT2D eigenvalue weighted by molar-refractivity contribution is 0.144. The van der Waals surface area contributed by atoms with Crippen LogP contribution in [0.5, 0.6) is 0 Å².